The smallest absolute Gasteiger partial charge is 0.202 e. The minimum Gasteiger partial charge on any atom is -0.507 e. The van der Waals surface area contributed by atoms with Gasteiger partial charge in [0.2, 0.25) is 5.88 Å². The Labute approximate surface area is 223 Å². The number of aromatic hydroxyl groups is 3. The molecule has 36 heavy (non-hydrogen) atoms. The molecule has 1 aromatic carbocycles. The van der Waals surface area contributed by atoms with Gasteiger partial charge in [-0.15, -0.1) is 11.8 Å². The van der Waals surface area contributed by atoms with E-state index in [2.05, 4.69) is 54.5 Å². The normalized spacial score (nSPS) is 12.9. The van der Waals surface area contributed by atoms with Crippen molar-refractivity contribution < 1.29 is 15.3 Å². The van der Waals surface area contributed by atoms with Crippen LogP contribution in [0.3, 0.4) is 0 Å². The van der Waals surface area contributed by atoms with Gasteiger partial charge in [0, 0.05) is 27.7 Å². The van der Waals surface area contributed by atoms with Crippen LogP contribution in [0.25, 0.3) is 5.57 Å². The van der Waals surface area contributed by atoms with Crippen LogP contribution in [0, 0.1) is 0 Å². The standard InChI is InChI=1S/C31H49NO3S/c1-9-10-11-12-13-14-15-16-17-22(2)24-20-27(33)32(29(24)35)21-36-23-18-25(30(3,4)5)28(34)26(19-23)31(6,7)8/h17-20,33-35H,9-16,21H2,1-8H3. The van der Waals surface area contributed by atoms with E-state index in [1.807, 2.05) is 19.1 Å². The monoisotopic (exact) mass is 515 g/mol. The van der Waals surface area contributed by atoms with Crippen LogP contribution < -0.4 is 0 Å². The van der Waals surface area contributed by atoms with Crippen LogP contribution >= 0.6 is 11.8 Å². The first-order valence-electron chi connectivity index (χ1n) is 13.6. The number of unbranched alkanes of at least 4 members (excludes halogenated alkanes) is 7. The van der Waals surface area contributed by atoms with Gasteiger partial charge in [0.25, 0.3) is 0 Å². The van der Waals surface area contributed by atoms with Crippen LogP contribution in [0.4, 0.5) is 0 Å². The third-order valence-electron chi connectivity index (χ3n) is 6.79. The number of benzene rings is 1. The molecule has 0 aliphatic rings. The summed E-state index contributed by atoms with van der Waals surface area (Å²) in [5.74, 6) is 0.888. The number of hydrogen-bond acceptors (Lipinski definition) is 4. The number of hydrogen-bond donors (Lipinski definition) is 3. The summed E-state index contributed by atoms with van der Waals surface area (Å²) < 4.78 is 1.55. The Balaban J connectivity index is 2.12. The fourth-order valence-electron chi connectivity index (χ4n) is 4.45. The van der Waals surface area contributed by atoms with E-state index >= 15 is 0 Å². The van der Waals surface area contributed by atoms with Crippen molar-refractivity contribution >= 4 is 17.3 Å². The third kappa shape index (κ3) is 8.26. The van der Waals surface area contributed by atoms with Gasteiger partial charge in [-0.25, -0.2) is 0 Å². The molecule has 4 nitrogen and oxygen atoms in total. The van der Waals surface area contributed by atoms with E-state index in [1.54, 1.807) is 22.4 Å². The molecule has 3 N–H and O–H groups in total. The van der Waals surface area contributed by atoms with Gasteiger partial charge in [-0.05, 0) is 48.3 Å². The molecule has 0 amide bonds. The summed E-state index contributed by atoms with van der Waals surface area (Å²) in [4.78, 5) is 1.00. The highest BCUT2D eigenvalue weighted by Gasteiger charge is 2.27. The summed E-state index contributed by atoms with van der Waals surface area (Å²) >= 11 is 1.54. The van der Waals surface area contributed by atoms with Crippen LogP contribution in [0.5, 0.6) is 17.5 Å². The Morgan fingerprint density at radius 2 is 1.36 bits per heavy atom. The van der Waals surface area contributed by atoms with Gasteiger partial charge in [0.1, 0.15) is 5.75 Å². The van der Waals surface area contributed by atoms with E-state index in [0.29, 0.717) is 17.2 Å². The molecule has 0 saturated heterocycles. The lowest BCUT2D eigenvalue weighted by atomic mass is 9.79. The largest absolute Gasteiger partial charge is 0.507 e. The van der Waals surface area contributed by atoms with E-state index in [1.165, 1.54) is 38.5 Å². The van der Waals surface area contributed by atoms with Crippen molar-refractivity contribution in [3.8, 4) is 17.5 Å². The maximum Gasteiger partial charge on any atom is 0.202 e. The zero-order chi connectivity index (χ0) is 27.1. The molecule has 0 atom stereocenters. The predicted octanol–water partition coefficient (Wildman–Crippen LogP) is 9.49. The van der Waals surface area contributed by atoms with Crippen LogP contribution in [0.2, 0.25) is 0 Å². The molecule has 0 unspecified atom stereocenters. The number of phenols is 1. The van der Waals surface area contributed by atoms with E-state index in [0.717, 1.165) is 34.4 Å². The van der Waals surface area contributed by atoms with Gasteiger partial charge in [-0.2, -0.15) is 0 Å². The summed E-state index contributed by atoms with van der Waals surface area (Å²) in [6.45, 7) is 16.8. The van der Waals surface area contributed by atoms with Crippen molar-refractivity contribution in [2.45, 2.75) is 128 Å². The van der Waals surface area contributed by atoms with Crippen LogP contribution in [0.1, 0.15) is 123 Å². The molecular formula is C31H49NO3S. The maximum absolute atomic E-state index is 11.0. The second kappa shape index (κ2) is 13.0. The Morgan fingerprint density at radius 3 is 1.89 bits per heavy atom. The highest BCUT2D eigenvalue weighted by molar-refractivity contribution is 7.98. The Morgan fingerprint density at radius 1 is 0.833 bits per heavy atom. The predicted molar refractivity (Wildman–Crippen MR) is 155 cm³/mol. The average molecular weight is 516 g/mol. The third-order valence-corrected chi connectivity index (χ3v) is 7.75. The van der Waals surface area contributed by atoms with Crippen LogP contribution in [0.15, 0.2) is 29.2 Å². The van der Waals surface area contributed by atoms with Gasteiger partial charge in [0.15, 0.2) is 5.88 Å². The van der Waals surface area contributed by atoms with E-state index in [9.17, 15) is 15.3 Å². The first kappa shape index (κ1) is 30.2. The summed E-state index contributed by atoms with van der Waals surface area (Å²) in [7, 11) is 0. The minimum absolute atomic E-state index is 0.0598. The highest BCUT2D eigenvalue weighted by atomic mass is 32.2. The van der Waals surface area contributed by atoms with Crippen molar-refractivity contribution in [1.82, 2.24) is 4.57 Å². The molecule has 2 aromatic rings. The van der Waals surface area contributed by atoms with Crippen LogP contribution in [-0.2, 0) is 16.7 Å². The lowest BCUT2D eigenvalue weighted by Crippen LogP contribution is -2.17. The minimum atomic E-state index is -0.205. The van der Waals surface area contributed by atoms with Gasteiger partial charge in [-0.3, -0.25) is 4.57 Å². The Hall–Kier alpha value is -2.01. The molecule has 0 radical (unpaired) electrons. The van der Waals surface area contributed by atoms with Crippen molar-refractivity contribution in [3.63, 3.8) is 0 Å². The second-order valence-corrected chi connectivity index (χ2v) is 13.1. The molecule has 1 aromatic heterocycles. The van der Waals surface area contributed by atoms with Gasteiger partial charge in [-0.1, -0.05) is 93.1 Å². The molecular weight excluding hydrogens is 466 g/mol. The van der Waals surface area contributed by atoms with Gasteiger partial charge < -0.3 is 15.3 Å². The van der Waals surface area contributed by atoms with Crippen LogP contribution in [-0.4, -0.2) is 19.9 Å². The zero-order valence-corrected chi connectivity index (χ0v) is 24.7. The fourth-order valence-corrected chi connectivity index (χ4v) is 5.38. The molecule has 0 fully saturated rings. The molecule has 202 valence electrons. The molecule has 1 heterocycles. The fraction of sp³-hybridized carbons (Fsp3) is 0.613. The van der Waals surface area contributed by atoms with Crippen molar-refractivity contribution in [2.75, 3.05) is 0 Å². The number of allylic oxidation sites excluding steroid dienone is 2. The number of nitrogens with zero attached hydrogens (tertiary/aromatic N) is 1. The molecule has 0 saturated carbocycles. The number of phenolic OH excluding ortho intramolecular Hbond substituents is 1. The topological polar surface area (TPSA) is 65.6 Å². The first-order chi connectivity index (χ1) is 16.8. The Kier molecular flexibility index (Phi) is 10.9. The number of aromatic nitrogens is 1. The number of thioether (sulfide) groups is 1. The summed E-state index contributed by atoms with van der Waals surface area (Å²) in [6.07, 6.45) is 12.1. The molecule has 5 heteroatoms. The van der Waals surface area contributed by atoms with Crippen molar-refractivity contribution in [3.05, 3.63) is 41.0 Å². The Bertz CT molecular complexity index is 987. The van der Waals surface area contributed by atoms with Crippen molar-refractivity contribution in [2.24, 2.45) is 0 Å². The van der Waals surface area contributed by atoms with Crippen molar-refractivity contribution in [1.29, 1.82) is 0 Å². The molecule has 2 rings (SSSR count). The SMILES string of the molecule is CCCCCCCCCC=C(C)c1cc(O)n(CSc2cc(C(C)(C)C)c(O)c(C(C)(C)C)c2)c1O. The molecule has 0 bridgehead atoms. The summed E-state index contributed by atoms with van der Waals surface area (Å²) in [5, 5.41) is 32.5. The first-order valence-corrected chi connectivity index (χ1v) is 14.5. The summed E-state index contributed by atoms with van der Waals surface area (Å²) in [5.41, 5.74) is 3.08. The zero-order valence-electron chi connectivity index (χ0n) is 23.9. The summed E-state index contributed by atoms with van der Waals surface area (Å²) in [6, 6.07) is 5.72. The number of rotatable bonds is 12. The highest BCUT2D eigenvalue weighted by Crippen LogP contribution is 2.43. The maximum atomic E-state index is 11.0. The quantitative estimate of drug-likeness (QED) is 0.194. The van der Waals surface area contributed by atoms with E-state index in [-0.39, 0.29) is 22.6 Å². The van der Waals surface area contributed by atoms with E-state index in [4.69, 9.17) is 0 Å². The van der Waals surface area contributed by atoms with Gasteiger partial charge in [0.05, 0.1) is 5.88 Å². The van der Waals surface area contributed by atoms with Gasteiger partial charge >= 0.3 is 0 Å². The second-order valence-electron chi connectivity index (χ2n) is 12.1. The van der Waals surface area contributed by atoms with E-state index < -0.39 is 0 Å². The lowest BCUT2D eigenvalue weighted by molar-refractivity contribution is 0.384. The molecule has 0 spiro atoms. The molecule has 0 aliphatic carbocycles. The average Bonchev–Trinajstić information content (AvgIpc) is 3.06. The lowest BCUT2D eigenvalue weighted by Gasteiger charge is -2.28. The molecule has 0 aliphatic heterocycles.